The lowest BCUT2D eigenvalue weighted by atomic mass is 10.0. The van der Waals surface area contributed by atoms with Gasteiger partial charge in [-0.1, -0.05) is 5.16 Å². The Balaban J connectivity index is 4.58. The molecular weight excluding hydrogens is 200 g/mol. The lowest BCUT2D eigenvalue weighted by molar-refractivity contribution is -0.131. The Morgan fingerprint density at radius 3 is 2.20 bits per heavy atom. The zero-order chi connectivity index (χ0) is 12.2. The molecule has 0 rings (SSSR count). The second-order valence-electron chi connectivity index (χ2n) is 3.73. The predicted octanol–water partition coefficient (Wildman–Crippen LogP) is -1.25. The van der Waals surface area contributed by atoms with E-state index >= 15 is 0 Å². The van der Waals surface area contributed by atoms with Gasteiger partial charge in [-0.15, -0.1) is 0 Å². The summed E-state index contributed by atoms with van der Waals surface area (Å²) in [6, 6.07) is 0. The van der Waals surface area contributed by atoms with Crippen LogP contribution in [0.3, 0.4) is 0 Å². The maximum atomic E-state index is 11.5. The first-order valence-electron chi connectivity index (χ1n) is 4.31. The summed E-state index contributed by atoms with van der Waals surface area (Å²) in [6.45, 7) is 4.37. The van der Waals surface area contributed by atoms with Gasteiger partial charge in [-0.3, -0.25) is 9.59 Å². The molecule has 1 unspecified atom stereocenters. The summed E-state index contributed by atoms with van der Waals surface area (Å²) >= 11 is 0. The first-order chi connectivity index (χ1) is 6.72. The largest absolute Gasteiger partial charge is 0.409 e. The minimum atomic E-state index is -1.17. The fourth-order valence-electron chi connectivity index (χ4n) is 0.699. The molecule has 0 aromatic heterocycles. The van der Waals surface area contributed by atoms with Crippen LogP contribution in [-0.2, 0) is 9.59 Å². The quantitative estimate of drug-likeness (QED) is 0.202. The van der Waals surface area contributed by atoms with Crippen LogP contribution < -0.4 is 16.8 Å². The van der Waals surface area contributed by atoms with Crippen molar-refractivity contribution < 1.29 is 14.8 Å². The molecule has 15 heavy (non-hydrogen) atoms. The van der Waals surface area contributed by atoms with Gasteiger partial charge in [-0.25, -0.2) is 0 Å². The van der Waals surface area contributed by atoms with E-state index in [0.717, 1.165) is 0 Å². The zero-order valence-electron chi connectivity index (χ0n) is 8.94. The Kier molecular flexibility index (Phi) is 4.07. The summed E-state index contributed by atoms with van der Waals surface area (Å²) in [6.07, 6.45) is 0. The molecule has 1 atom stereocenters. The fourth-order valence-corrected chi connectivity index (χ4v) is 0.699. The molecule has 0 aliphatic heterocycles. The van der Waals surface area contributed by atoms with Crippen molar-refractivity contribution in [3.63, 3.8) is 0 Å². The van der Waals surface area contributed by atoms with Crippen LogP contribution in [0.2, 0.25) is 0 Å². The highest BCUT2D eigenvalue weighted by Crippen LogP contribution is 2.04. The van der Waals surface area contributed by atoms with Crippen molar-refractivity contribution in [3.05, 3.63) is 0 Å². The third-order valence-corrected chi connectivity index (χ3v) is 2.00. The molecule has 0 aliphatic carbocycles. The van der Waals surface area contributed by atoms with Crippen molar-refractivity contribution in [3.8, 4) is 0 Å². The van der Waals surface area contributed by atoms with E-state index in [1.54, 1.807) is 0 Å². The van der Waals surface area contributed by atoms with E-state index in [2.05, 4.69) is 10.5 Å². The number of hydrogen-bond acceptors (Lipinski definition) is 4. The lowest BCUT2D eigenvalue weighted by Gasteiger charge is -2.23. The smallest absolute Gasteiger partial charge is 0.242 e. The average molecular weight is 216 g/mol. The topological polar surface area (TPSA) is 131 Å². The zero-order valence-corrected chi connectivity index (χ0v) is 8.94. The first kappa shape index (κ1) is 13.2. The first-order valence-corrected chi connectivity index (χ1v) is 4.31. The minimum absolute atomic E-state index is 0.229. The summed E-state index contributed by atoms with van der Waals surface area (Å²) in [5.74, 6) is -2.25. The number of nitrogens with two attached hydrogens (primary N) is 2. The Bertz CT molecular complexity index is 298. The average Bonchev–Trinajstić information content (AvgIpc) is 2.14. The molecule has 0 radical (unpaired) electrons. The van der Waals surface area contributed by atoms with Gasteiger partial charge in [0.1, 0.15) is 5.54 Å². The van der Waals surface area contributed by atoms with Crippen molar-refractivity contribution in [1.82, 2.24) is 5.32 Å². The van der Waals surface area contributed by atoms with Crippen molar-refractivity contribution in [2.75, 3.05) is 0 Å². The van der Waals surface area contributed by atoms with Gasteiger partial charge in [0.05, 0.1) is 5.92 Å². The number of oxime groups is 1. The monoisotopic (exact) mass is 216 g/mol. The molecule has 0 fully saturated rings. The maximum absolute atomic E-state index is 11.5. The number of amides is 2. The van der Waals surface area contributed by atoms with Crippen molar-refractivity contribution in [1.29, 1.82) is 0 Å². The Morgan fingerprint density at radius 2 is 1.87 bits per heavy atom. The highest BCUT2D eigenvalue weighted by atomic mass is 16.4. The van der Waals surface area contributed by atoms with Crippen molar-refractivity contribution >= 4 is 17.6 Å². The molecule has 2 amide bonds. The van der Waals surface area contributed by atoms with Crippen molar-refractivity contribution in [2.45, 2.75) is 26.3 Å². The third kappa shape index (κ3) is 3.45. The molecule has 86 valence electrons. The number of primary amides is 1. The highest BCUT2D eigenvalue weighted by molar-refractivity contribution is 6.03. The molecule has 6 N–H and O–H groups in total. The molecule has 0 aliphatic rings. The third-order valence-electron chi connectivity index (χ3n) is 2.00. The van der Waals surface area contributed by atoms with E-state index < -0.39 is 23.3 Å². The van der Waals surface area contributed by atoms with Crippen LogP contribution in [0.5, 0.6) is 0 Å². The number of rotatable bonds is 4. The maximum Gasteiger partial charge on any atom is 0.242 e. The number of amidine groups is 1. The molecule has 0 aromatic carbocycles. The van der Waals surface area contributed by atoms with Gasteiger partial charge in [-0.2, -0.15) is 0 Å². The van der Waals surface area contributed by atoms with E-state index in [1.807, 2.05) is 0 Å². The molecule has 7 heteroatoms. The summed E-state index contributed by atoms with van der Waals surface area (Å²) in [5.41, 5.74) is 9.13. The Labute approximate surface area is 87.5 Å². The van der Waals surface area contributed by atoms with Crippen LogP contribution in [-0.4, -0.2) is 28.4 Å². The van der Waals surface area contributed by atoms with Gasteiger partial charge in [0.25, 0.3) is 0 Å². The van der Waals surface area contributed by atoms with Crippen LogP contribution in [0.4, 0.5) is 0 Å². The normalized spacial score (nSPS) is 14.5. The molecular formula is C8H16N4O3. The van der Waals surface area contributed by atoms with E-state index in [-0.39, 0.29) is 5.84 Å². The van der Waals surface area contributed by atoms with E-state index in [1.165, 1.54) is 20.8 Å². The van der Waals surface area contributed by atoms with Gasteiger partial charge in [0, 0.05) is 0 Å². The minimum Gasteiger partial charge on any atom is -0.409 e. The van der Waals surface area contributed by atoms with Crippen LogP contribution in [0.1, 0.15) is 20.8 Å². The number of carbonyl (C=O) groups is 2. The van der Waals surface area contributed by atoms with Crippen LogP contribution in [0, 0.1) is 5.92 Å². The summed E-state index contributed by atoms with van der Waals surface area (Å²) < 4.78 is 0. The SMILES string of the molecule is CC(C(=O)NC(C)(C)C(N)=O)C(N)=NO. The molecule has 7 nitrogen and oxygen atoms in total. The number of carbonyl (C=O) groups excluding carboxylic acids is 2. The van der Waals surface area contributed by atoms with Crippen LogP contribution in [0.25, 0.3) is 0 Å². The van der Waals surface area contributed by atoms with Crippen LogP contribution >= 0.6 is 0 Å². The number of hydrogen-bond donors (Lipinski definition) is 4. The van der Waals surface area contributed by atoms with Gasteiger partial charge in [-0.05, 0) is 20.8 Å². The molecule has 0 saturated heterocycles. The van der Waals surface area contributed by atoms with Crippen LogP contribution in [0.15, 0.2) is 5.16 Å². The fraction of sp³-hybridized carbons (Fsp3) is 0.625. The Morgan fingerprint density at radius 1 is 1.40 bits per heavy atom. The molecule has 0 heterocycles. The van der Waals surface area contributed by atoms with Gasteiger partial charge < -0.3 is 22.0 Å². The summed E-state index contributed by atoms with van der Waals surface area (Å²) in [4.78, 5) is 22.4. The number of nitrogens with zero attached hydrogens (tertiary/aromatic N) is 1. The standard InChI is InChI=1S/C8H16N4O3/c1-4(5(9)12-15)6(13)11-8(2,3)7(10)14/h4,15H,1-3H3,(H2,9,12)(H2,10,14)(H,11,13). The molecule has 0 saturated carbocycles. The molecule has 0 bridgehead atoms. The van der Waals surface area contributed by atoms with Gasteiger partial charge in [0.15, 0.2) is 5.84 Å². The van der Waals surface area contributed by atoms with Gasteiger partial charge >= 0.3 is 0 Å². The van der Waals surface area contributed by atoms with E-state index in [9.17, 15) is 9.59 Å². The second kappa shape index (κ2) is 4.63. The molecule has 0 spiro atoms. The number of nitrogens with one attached hydrogen (secondary N) is 1. The Hall–Kier alpha value is -1.79. The van der Waals surface area contributed by atoms with Crippen molar-refractivity contribution in [2.24, 2.45) is 22.5 Å². The second-order valence-corrected chi connectivity index (χ2v) is 3.73. The van der Waals surface area contributed by atoms with E-state index in [4.69, 9.17) is 16.7 Å². The summed E-state index contributed by atoms with van der Waals surface area (Å²) in [5, 5.41) is 13.4. The highest BCUT2D eigenvalue weighted by Gasteiger charge is 2.29. The predicted molar refractivity (Wildman–Crippen MR) is 54.0 cm³/mol. The van der Waals surface area contributed by atoms with Gasteiger partial charge in [0.2, 0.25) is 11.8 Å². The molecule has 0 aromatic rings. The summed E-state index contributed by atoms with van der Waals surface area (Å²) in [7, 11) is 0. The lowest BCUT2D eigenvalue weighted by Crippen LogP contribution is -2.55. The van der Waals surface area contributed by atoms with E-state index in [0.29, 0.717) is 0 Å².